The molecule has 98 valence electrons. The van der Waals surface area contributed by atoms with Crippen LogP contribution in [0.1, 0.15) is 37.7 Å². The molecule has 1 aromatic rings. The molecule has 2 N–H and O–H groups in total. The number of carbonyl (C=O) groups is 1. The Hall–Kier alpha value is -1.71. The van der Waals surface area contributed by atoms with Crippen molar-refractivity contribution in [1.29, 1.82) is 0 Å². The smallest absolute Gasteiger partial charge is 0.303 e. The lowest BCUT2D eigenvalue weighted by atomic mass is 9.89. The molecule has 1 unspecified atom stereocenters. The Bertz CT molecular complexity index is 437. The maximum atomic E-state index is 11.0. The van der Waals surface area contributed by atoms with E-state index >= 15 is 0 Å². The summed E-state index contributed by atoms with van der Waals surface area (Å²) in [6, 6.07) is 5.10. The van der Waals surface area contributed by atoms with Gasteiger partial charge in [0, 0.05) is 11.5 Å². The van der Waals surface area contributed by atoms with Crippen molar-refractivity contribution >= 4 is 5.97 Å². The van der Waals surface area contributed by atoms with E-state index in [1.807, 2.05) is 6.92 Å². The van der Waals surface area contributed by atoms with Gasteiger partial charge in [0.1, 0.15) is 11.5 Å². The maximum absolute atomic E-state index is 11.0. The summed E-state index contributed by atoms with van der Waals surface area (Å²) < 4.78 is 5.51. The lowest BCUT2D eigenvalue weighted by Crippen LogP contribution is -2.10. The van der Waals surface area contributed by atoms with Gasteiger partial charge >= 0.3 is 5.97 Å². The van der Waals surface area contributed by atoms with Crippen LogP contribution < -0.4 is 4.74 Å². The summed E-state index contributed by atoms with van der Waals surface area (Å²) in [4.78, 5) is 11.0. The van der Waals surface area contributed by atoms with E-state index in [0.29, 0.717) is 23.8 Å². The first kappa shape index (κ1) is 12.7. The number of aromatic hydroxyl groups is 1. The number of hydrogen-bond acceptors (Lipinski definition) is 3. The number of carboxylic acids is 1. The quantitative estimate of drug-likeness (QED) is 0.814. The Morgan fingerprint density at radius 3 is 2.78 bits per heavy atom. The lowest BCUT2D eigenvalue weighted by molar-refractivity contribution is -0.137. The second kappa shape index (κ2) is 5.29. The van der Waals surface area contributed by atoms with E-state index in [1.165, 1.54) is 0 Å². The third kappa shape index (κ3) is 2.75. The number of aliphatic carboxylic acids is 1. The van der Waals surface area contributed by atoms with E-state index in [-0.39, 0.29) is 18.1 Å². The van der Waals surface area contributed by atoms with Crippen LogP contribution in [-0.2, 0) is 4.79 Å². The molecule has 0 spiro atoms. The number of ether oxygens (including phenoxy) is 1. The van der Waals surface area contributed by atoms with Gasteiger partial charge in [-0.3, -0.25) is 4.79 Å². The molecular weight excluding hydrogens is 232 g/mol. The van der Waals surface area contributed by atoms with Crippen molar-refractivity contribution in [2.45, 2.75) is 32.1 Å². The van der Waals surface area contributed by atoms with Gasteiger partial charge in [-0.2, -0.15) is 0 Å². The molecule has 1 fully saturated rings. The Kier molecular flexibility index (Phi) is 3.75. The highest BCUT2D eigenvalue weighted by molar-refractivity contribution is 5.69. The molecule has 0 amide bonds. The highest BCUT2D eigenvalue weighted by Gasteiger charge is 2.36. The molecule has 1 aliphatic carbocycles. The first-order valence-electron chi connectivity index (χ1n) is 6.30. The van der Waals surface area contributed by atoms with Gasteiger partial charge < -0.3 is 14.9 Å². The fourth-order valence-electron chi connectivity index (χ4n) is 2.38. The summed E-state index contributed by atoms with van der Waals surface area (Å²) in [6.45, 7) is 2.37. The minimum atomic E-state index is -0.836. The number of phenolic OH excluding ortho intramolecular Hbond substituents is 1. The van der Waals surface area contributed by atoms with E-state index in [2.05, 4.69) is 0 Å². The molecular formula is C14H18O4. The monoisotopic (exact) mass is 250 g/mol. The average Bonchev–Trinajstić information content (AvgIpc) is 3.11. The van der Waals surface area contributed by atoms with Crippen molar-refractivity contribution in [2.24, 2.45) is 5.92 Å². The van der Waals surface area contributed by atoms with Crippen molar-refractivity contribution in [3.63, 3.8) is 0 Å². The van der Waals surface area contributed by atoms with Gasteiger partial charge in [0.2, 0.25) is 0 Å². The molecule has 2 rings (SSSR count). The van der Waals surface area contributed by atoms with Gasteiger partial charge in [-0.05, 0) is 37.8 Å². The second-order valence-corrected chi connectivity index (χ2v) is 4.66. The van der Waals surface area contributed by atoms with Crippen molar-refractivity contribution in [2.75, 3.05) is 6.61 Å². The SMILES string of the molecule is CCOc1cccc(O)c1C(CC(=O)O)C1CC1. The highest BCUT2D eigenvalue weighted by Crippen LogP contribution is 2.49. The average molecular weight is 250 g/mol. The molecule has 4 heteroatoms. The summed E-state index contributed by atoms with van der Waals surface area (Å²) in [6.07, 6.45) is 2.10. The molecule has 0 bridgehead atoms. The summed E-state index contributed by atoms with van der Waals surface area (Å²) in [5, 5.41) is 19.0. The minimum Gasteiger partial charge on any atom is -0.508 e. The summed E-state index contributed by atoms with van der Waals surface area (Å²) in [7, 11) is 0. The summed E-state index contributed by atoms with van der Waals surface area (Å²) in [5.41, 5.74) is 0.657. The van der Waals surface area contributed by atoms with Crippen LogP contribution in [0.5, 0.6) is 11.5 Å². The van der Waals surface area contributed by atoms with Crippen LogP contribution in [0, 0.1) is 5.92 Å². The maximum Gasteiger partial charge on any atom is 0.303 e. The van der Waals surface area contributed by atoms with Crippen LogP contribution in [0.15, 0.2) is 18.2 Å². The fourth-order valence-corrected chi connectivity index (χ4v) is 2.38. The zero-order chi connectivity index (χ0) is 13.1. The molecule has 18 heavy (non-hydrogen) atoms. The van der Waals surface area contributed by atoms with Gasteiger partial charge in [0.25, 0.3) is 0 Å². The van der Waals surface area contributed by atoms with E-state index < -0.39 is 5.97 Å². The Balaban J connectivity index is 2.35. The predicted molar refractivity (Wildman–Crippen MR) is 67.0 cm³/mol. The number of carboxylic acid groups (broad SMARTS) is 1. The van der Waals surface area contributed by atoms with Gasteiger partial charge in [-0.1, -0.05) is 6.07 Å². The first-order chi connectivity index (χ1) is 8.63. The van der Waals surface area contributed by atoms with E-state index in [0.717, 1.165) is 12.8 Å². The van der Waals surface area contributed by atoms with Crippen molar-refractivity contribution in [1.82, 2.24) is 0 Å². The van der Waals surface area contributed by atoms with Gasteiger partial charge in [0.15, 0.2) is 0 Å². The van der Waals surface area contributed by atoms with Gasteiger partial charge in [-0.25, -0.2) is 0 Å². The van der Waals surface area contributed by atoms with E-state index in [1.54, 1.807) is 18.2 Å². The highest BCUT2D eigenvalue weighted by atomic mass is 16.5. The first-order valence-corrected chi connectivity index (χ1v) is 6.30. The van der Waals surface area contributed by atoms with Crippen LogP contribution >= 0.6 is 0 Å². The Morgan fingerprint density at radius 2 is 2.22 bits per heavy atom. The van der Waals surface area contributed by atoms with Crippen molar-refractivity contribution in [3.8, 4) is 11.5 Å². The summed E-state index contributed by atoms with van der Waals surface area (Å²) in [5.74, 6) is 0.117. The lowest BCUT2D eigenvalue weighted by Gasteiger charge is -2.19. The number of hydrogen-bond donors (Lipinski definition) is 2. The van der Waals surface area contributed by atoms with Crippen LogP contribution in [-0.4, -0.2) is 22.8 Å². The number of rotatable bonds is 6. The molecule has 1 saturated carbocycles. The Morgan fingerprint density at radius 1 is 1.50 bits per heavy atom. The Labute approximate surface area is 106 Å². The van der Waals surface area contributed by atoms with Gasteiger partial charge in [-0.15, -0.1) is 0 Å². The second-order valence-electron chi connectivity index (χ2n) is 4.66. The van der Waals surface area contributed by atoms with Crippen LogP contribution in [0.2, 0.25) is 0 Å². The van der Waals surface area contributed by atoms with Crippen molar-refractivity contribution < 1.29 is 19.7 Å². The third-order valence-corrected chi connectivity index (χ3v) is 3.30. The zero-order valence-corrected chi connectivity index (χ0v) is 10.4. The topological polar surface area (TPSA) is 66.8 Å². The van der Waals surface area contributed by atoms with E-state index in [4.69, 9.17) is 9.84 Å². The van der Waals surface area contributed by atoms with Gasteiger partial charge in [0.05, 0.1) is 13.0 Å². The zero-order valence-electron chi connectivity index (χ0n) is 10.4. The molecule has 1 aromatic carbocycles. The van der Waals surface area contributed by atoms with Crippen LogP contribution in [0.4, 0.5) is 0 Å². The molecule has 0 saturated heterocycles. The van der Waals surface area contributed by atoms with E-state index in [9.17, 15) is 9.90 Å². The predicted octanol–water partition coefficient (Wildman–Crippen LogP) is 2.76. The molecule has 4 nitrogen and oxygen atoms in total. The largest absolute Gasteiger partial charge is 0.508 e. The third-order valence-electron chi connectivity index (χ3n) is 3.30. The molecule has 0 aliphatic heterocycles. The molecule has 0 heterocycles. The standard InChI is InChI=1S/C14H18O4/c1-2-18-12-5-3-4-11(15)14(12)10(8-13(16)17)9-6-7-9/h3-5,9-10,15H,2,6-8H2,1H3,(H,16,17). The van der Waals surface area contributed by atoms with Crippen LogP contribution in [0.25, 0.3) is 0 Å². The molecule has 1 aliphatic rings. The van der Waals surface area contributed by atoms with Crippen LogP contribution in [0.3, 0.4) is 0 Å². The summed E-state index contributed by atoms with van der Waals surface area (Å²) >= 11 is 0. The molecule has 1 atom stereocenters. The number of phenols is 1. The molecule has 0 aromatic heterocycles. The van der Waals surface area contributed by atoms with Crippen molar-refractivity contribution in [3.05, 3.63) is 23.8 Å². The molecule has 0 radical (unpaired) electrons. The fraction of sp³-hybridized carbons (Fsp3) is 0.500. The normalized spacial score (nSPS) is 16.3. The minimum absolute atomic E-state index is 0.0440. The number of benzene rings is 1.